The van der Waals surface area contributed by atoms with E-state index in [0.29, 0.717) is 24.9 Å². The second-order valence-corrected chi connectivity index (χ2v) is 6.57. The molecule has 0 atom stereocenters. The van der Waals surface area contributed by atoms with Gasteiger partial charge in [0.2, 0.25) is 10.0 Å². The molecule has 1 N–H and O–H groups in total. The Morgan fingerprint density at radius 2 is 2.05 bits per heavy atom. The monoisotopic (exact) mass is 311 g/mol. The quantitative estimate of drug-likeness (QED) is 0.749. The molecule has 5 nitrogen and oxygen atoms in total. The Morgan fingerprint density at radius 1 is 1.38 bits per heavy atom. The summed E-state index contributed by atoms with van der Waals surface area (Å²) in [6.45, 7) is 7.85. The van der Waals surface area contributed by atoms with Crippen molar-refractivity contribution in [2.24, 2.45) is 0 Å². The smallest absolute Gasteiger partial charge is 0.336 e. The van der Waals surface area contributed by atoms with Gasteiger partial charge in [-0.1, -0.05) is 26.0 Å². The SMILES string of the molecule is C=CCN(CCC)S(=O)(=O)c1ccc(CC)c(C(=O)O)c1. The summed E-state index contributed by atoms with van der Waals surface area (Å²) >= 11 is 0. The molecule has 0 unspecified atom stereocenters. The van der Waals surface area contributed by atoms with Crippen molar-refractivity contribution >= 4 is 16.0 Å². The second kappa shape index (κ2) is 7.38. The van der Waals surface area contributed by atoms with E-state index < -0.39 is 16.0 Å². The largest absolute Gasteiger partial charge is 0.478 e. The molecule has 0 saturated heterocycles. The van der Waals surface area contributed by atoms with Crippen LogP contribution in [0.25, 0.3) is 0 Å². The Kier molecular flexibility index (Phi) is 6.11. The highest BCUT2D eigenvalue weighted by molar-refractivity contribution is 7.89. The summed E-state index contributed by atoms with van der Waals surface area (Å²) < 4.78 is 26.4. The van der Waals surface area contributed by atoms with Crippen LogP contribution >= 0.6 is 0 Å². The van der Waals surface area contributed by atoms with Gasteiger partial charge in [0.15, 0.2) is 0 Å². The number of carboxylic acids is 1. The van der Waals surface area contributed by atoms with Crippen LogP contribution in [0, 0.1) is 0 Å². The topological polar surface area (TPSA) is 74.7 Å². The predicted octanol–water partition coefficient (Wildman–Crippen LogP) is 2.53. The van der Waals surface area contributed by atoms with Gasteiger partial charge in [-0.3, -0.25) is 0 Å². The van der Waals surface area contributed by atoms with Gasteiger partial charge in [-0.05, 0) is 30.5 Å². The molecule has 0 bridgehead atoms. The lowest BCUT2D eigenvalue weighted by Gasteiger charge is -2.20. The molecule has 21 heavy (non-hydrogen) atoms. The van der Waals surface area contributed by atoms with Gasteiger partial charge < -0.3 is 5.11 Å². The molecule has 0 aliphatic rings. The lowest BCUT2D eigenvalue weighted by atomic mass is 10.1. The predicted molar refractivity (Wildman–Crippen MR) is 82.0 cm³/mol. The highest BCUT2D eigenvalue weighted by Gasteiger charge is 2.24. The van der Waals surface area contributed by atoms with E-state index in [1.807, 2.05) is 13.8 Å². The maximum absolute atomic E-state index is 12.6. The van der Waals surface area contributed by atoms with Crippen molar-refractivity contribution in [2.75, 3.05) is 13.1 Å². The minimum absolute atomic E-state index is 0.00685. The maximum Gasteiger partial charge on any atom is 0.336 e. The summed E-state index contributed by atoms with van der Waals surface area (Å²) in [6.07, 6.45) is 2.73. The maximum atomic E-state index is 12.6. The Balaban J connectivity index is 3.33. The van der Waals surface area contributed by atoms with Crippen LogP contribution in [0.15, 0.2) is 35.7 Å². The lowest BCUT2D eigenvalue weighted by molar-refractivity contribution is 0.0695. The van der Waals surface area contributed by atoms with Crippen molar-refractivity contribution < 1.29 is 18.3 Å². The third-order valence-electron chi connectivity index (χ3n) is 3.14. The van der Waals surface area contributed by atoms with E-state index in [4.69, 9.17) is 0 Å². The zero-order chi connectivity index (χ0) is 16.0. The number of benzene rings is 1. The van der Waals surface area contributed by atoms with Gasteiger partial charge in [0, 0.05) is 13.1 Å². The summed E-state index contributed by atoms with van der Waals surface area (Å²) in [5, 5.41) is 9.21. The first-order chi connectivity index (χ1) is 9.88. The van der Waals surface area contributed by atoms with Gasteiger partial charge >= 0.3 is 5.97 Å². The number of carbonyl (C=O) groups is 1. The molecule has 0 radical (unpaired) electrons. The summed E-state index contributed by atoms with van der Waals surface area (Å²) in [5.41, 5.74) is 0.654. The van der Waals surface area contributed by atoms with Crippen LogP contribution in [0.2, 0.25) is 0 Å². The highest BCUT2D eigenvalue weighted by Crippen LogP contribution is 2.21. The number of aromatic carboxylic acids is 1. The molecule has 0 aromatic heterocycles. The molecule has 6 heteroatoms. The lowest BCUT2D eigenvalue weighted by Crippen LogP contribution is -2.32. The fraction of sp³-hybridized carbons (Fsp3) is 0.400. The Labute approximate surface area is 126 Å². The standard InChI is InChI=1S/C15H21NO4S/c1-4-9-16(10-5-2)21(19,20)13-8-7-12(6-3)14(11-13)15(17)18/h4,7-8,11H,1,5-6,9-10H2,2-3H3,(H,17,18). The van der Waals surface area contributed by atoms with Crippen molar-refractivity contribution in [1.82, 2.24) is 4.31 Å². The molecule has 116 valence electrons. The van der Waals surface area contributed by atoms with Gasteiger partial charge in [0.05, 0.1) is 10.5 Å². The first-order valence-electron chi connectivity index (χ1n) is 6.85. The number of nitrogens with zero attached hydrogens (tertiary/aromatic N) is 1. The Hall–Kier alpha value is -1.66. The van der Waals surface area contributed by atoms with Gasteiger partial charge in [-0.2, -0.15) is 4.31 Å². The molecule has 0 amide bonds. The van der Waals surface area contributed by atoms with Crippen LogP contribution in [0.1, 0.15) is 36.2 Å². The van der Waals surface area contributed by atoms with E-state index in [1.54, 1.807) is 6.07 Å². The molecule has 0 saturated carbocycles. The van der Waals surface area contributed by atoms with Gasteiger partial charge in [0.1, 0.15) is 0 Å². The zero-order valence-corrected chi connectivity index (χ0v) is 13.2. The molecule has 1 aromatic carbocycles. The number of aryl methyl sites for hydroxylation is 1. The van der Waals surface area contributed by atoms with Crippen LogP contribution in [-0.2, 0) is 16.4 Å². The third kappa shape index (κ3) is 3.92. The van der Waals surface area contributed by atoms with E-state index in [1.165, 1.54) is 22.5 Å². The normalized spacial score (nSPS) is 11.6. The third-order valence-corrected chi connectivity index (χ3v) is 5.00. The van der Waals surface area contributed by atoms with E-state index in [2.05, 4.69) is 6.58 Å². The van der Waals surface area contributed by atoms with Crippen molar-refractivity contribution in [3.8, 4) is 0 Å². The number of hydrogen-bond donors (Lipinski definition) is 1. The van der Waals surface area contributed by atoms with Gasteiger partial charge in [-0.25, -0.2) is 13.2 Å². The number of carboxylic acid groups (broad SMARTS) is 1. The molecule has 1 aromatic rings. The van der Waals surface area contributed by atoms with Crippen molar-refractivity contribution in [1.29, 1.82) is 0 Å². The molecule has 0 aliphatic heterocycles. The molecular formula is C15H21NO4S. The summed E-state index contributed by atoms with van der Waals surface area (Å²) in [5.74, 6) is -1.12. The van der Waals surface area contributed by atoms with Crippen LogP contribution in [0.4, 0.5) is 0 Å². The van der Waals surface area contributed by atoms with Gasteiger partial charge in [0.25, 0.3) is 0 Å². The second-order valence-electron chi connectivity index (χ2n) is 4.63. The molecular weight excluding hydrogens is 290 g/mol. The Bertz CT molecular complexity index is 623. The summed E-state index contributed by atoms with van der Waals surface area (Å²) in [6, 6.07) is 4.27. The van der Waals surface area contributed by atoms with Crippen molar-refractivity contribution in [3.05, 3.63) is 42.0 Å². The van der Waals surface area contributed by atoms with Crippen LogP contribution in [0.5, 0.6) is 0 Å². The van der Waals surface area contributed by atoms with Crippen molar-refractivity contribution in [2.45, 2.75) is 31.6 Å². The Morgan fingerprint density at radius 3 is 2.52 bits per heavy atom. The van der Waals surface area contributed by atoms with E-state index in [-0.39, 0.29) is 17.0 Å². The number of rotatable bonds is 8. The zero-order valence-electron chi connectivity index (χ0n) is 12.4. The van der Waals surface area contributed by atoms with E-state index in [9.17, 15) is 18.3 Å². The van der Waals surface area contributed by atoms with E-state index >= 15 is 0 Å². The van der Waals surface area contributed by atoms with Crippen LogP contribution < -0.4 is 0 Å². The minimum atomic E-state index is -3.71. The fourth-order valence-corrected chi connectivity index (χ4v) is 3.60. The summed E-state index contributed by atoms with van der Waals surface area (Å²) in [7, 11) is -3.71. The molecule has 0 aliphatic carbocycles. The average Bonchev–Trinajstić information content (AvgIpc) is 2.46. The average molecular weight is 311 g/mol. The first kappa shape index (κ1) is 17.4. The molecule has 0 fully saturated rings. The molecule has 0 heterocycles. The number of sulfonamides is 1. The van der Waals surface area contributed by atoms with Crippen molar-refractivity contribution in [3.63, 3.8) is 0 Å². The van der Waals surface area contributed by atoms with Crippen LogP contribution in [0.3, 0.4) is 0 Å². The highest BCUT2D eigenvalue weighted by atomic mass is 32.2. The minimum Gasteiger partial charge on any atom is -0.478 e. The first-order valence-corrected chi connectivity index (χ1v) is 8.29. The number of hydrogen-bond acceptors (Lipinski definition) is 3. The van der Waals surface area contributed by atoms with Crippen LogP contribution in [-0.4, -0.2) is 36.9 Å². The molecule has 1 rings (SSSR count). The fourth-order valence-electron chi connectivity index (χ4n) is 2.08. The molecule has 0 spiro atoms. The van der Waals surface area contributed by atoms with Gasteiger partial charge in [-0.15, -0.1) is 6.58 Å². The van der Waals surface area contributed by atoms with E-state index in [0.717, 1.165) is 0 Å². The summed E-state index contributed by atoms with van der Waals surface area (Å²) in [4.78, 5) is 11.3.